The molecule has 0 aromatic rings. The number of piperidine rings is 1. The predicted octanol–water partition coefficient (Wildman–Crippen LogP) is 1.38. The maximum atomic E-state index is 12.3. The minimum atomic E-state index is -0.0405. The highest BCUT2D eigenvalue weighted by molar-refractivity contribution is 5.81. The molecule has 0 spiro atoms. The van der Waals surface area contributed by atoms with Crippen molar-refractivity contribution >= 4 is 5.91 Å². The van der Waals surface area contributed by atoms with Gasteiger partial charge >= 0.3 is 0 Å². The van der Waals surface area contributed by atoms with Crippen LogP contribution in [0.1, 0.15) is 46.0 Å². The first-order valence-corrected chi connectivity index (χ1v) is 8.43. The summed E-state index contributed by atoms with van der Waals surface area (Å²) in [5, 5.41) is 6.52. The van der Waals surface area contributed by atoms with Crippen LogP contribution in [0.3, 0.4) is 0 Å². The zero-order valence-corrected chi connectivity index (χ0v) is 14.0. The summed E-state index contributed by atoms with van der Waals surface area (Å²) in [6.45, 7) is 8.69. The number of rotatable bonds is 10. The van der Waals surface area contributed by atoms with Crippen molar-refractivity contribution in [1.29, 1.82) is 0 Å². The van der Waals surface area contributed by atoms with Crippen LogP contribution in [0.2, 0.25) is 0 Å². The Kier molecular flexibility index (Phi) is 9.63. The van der Waals surface area contributed by atoms with Crippen molar-refractivity contribution in [3.05, 3.63) is 0 Å². The quantitative estimate of drug-likeness (QED) is 0.599. The molecule has 2 atom stereocenters. The lowest BCUT2D eigenvalue weighted by molar-refractivity contribution is -0.127. The Labute approximate surface area is 129 Å². The molecule has 1 aliphatic heterocycles. The van der Waals surface area contributed by atoms with Crippen LogP contribution in [0.5, 0.6) is 0 Å². The SMILES string of the molecule is CCCNCC1CCCCN1C(C)C(=O)NCCCOC. The number of methoxy groups -OCH3 is 1. The second-order valence-corrected chi connectivity index (χ2v) is 5.90. The molecule has 0 aromatic heterocycles. The van der Waals surface area contributed by atoms with E-state index in [0.717, 1.165) is 32.5 Å². The third-order valence-electron chi connectivity index (χ3n) is 4.18. The van der Waals surface area contributed by atoms with Gasteiger partial charge in [0.1, 0.15) is 0 Å². The molecule has 1 fully saturated rings. The van der Waals surface area contributed by atoms with Crippen LogP contribution in [0.15, 0.2) is 0 Å². The Morgan fingerprint density at radius 2 is 2.19 bits per heavy atom. The third kappa shape index (κ3) is 6.76. The van der Waals surface area contributed by atoms with Gasteiger partial charge in [0, 0.05) is 32.8 Å². The number of carbonyl (C=O) groups excluding carboxylic acids is 1. The molecule has 21 heavy (non-hydrogen) atoms. The van der Waals surface area contributed by atoms with E-state index in [-0.39, 0.29) is 11.9 Å². The van der Waals surface area contributed by atoms with Gasteiger partial charge < -0.3 is 15.4 Å². The highest BCUT2D eigenvalue weighted by Crippen LogP contribution is 2.19. The molecule has 0 aromatic carbocycles. The number of amides is 1. The van der Waals surface area contributed by atoms with Gasteiger partial charge in [-0.3, -0.25) is 9.69 Å². The van der Waals surface area contributed by atoms with Crippen molar-refractivity contribution in [3.8, 4) is 0 Å². The largest absolute Gasteiger partial charge is 0.385 e. The summed E-state index contributed by atoms with van der Waals surface area (Å²) in [4.78, 5) is 14.6. The molecule has 0 bridgehead atoms. The van der Waals surface area contributed by atoms with Crippen LogP contribution in [-0.2, 0) is 9.53 Å². The van der Waals surface area contributed by atoms with E-state index < -0.39 is 0 Å². The zero-order chi connectivity index (χ0) is 15.5. The number of ether oxygens (including phenoxy) is 1. The highest BCUT2D eigenvalue weighted by atomic mass is 16.5. The molecule has 5 nitrogen and oxygen atoms in total. The van der Waals surface area contributed by atoms with Gasteiger partial charge in [-0.25, -0.2) is 0 Å². The van der Waals surface area contributed by atoms with E-state index >= 15 is 0 Å². The molecular weight excluding hydrogens is 266 g/mol. The van der Waals surface area contributed by atoms with E-state index in [9.17, 15) is 4.79 Å². The number of nitrogens with one attached hydrogen (secondary N) is 2. The lowest BCUT2D eigenvalue weighted by atomic mass is 9.99. The molecule has 2 N–H and O–H groups in total. The number of nitrogens with zero attached hydrogens (tertiary/aromatic N) is 1. The molecular formula is C16H33N3O2. The van der Waals surface area contributed by atoms with Gasteiger partial charge in [-0.1, -0.05) is 13.3 Å². The standard InChI is InChI=1S/C16H33N3O2/c1-4-9-17-13-15-8-5-6-11-19(15)14(2)16(20)18-10-7-12-21-3/h14-15,17H,4-13H2,1-3H3,(H,18,20). The summed E-state index contributed by atoms with van der Waals surface area (Å²) in [5.41, 5.74) is 0. The molecule has 0 saturated carbocycles. The second-order valence-electron chi connectivity index (χ2n) is 5.90. The smallest absolute Gasteiger partial charge is 0.237 e. The average molecular weight is 299 g/mol. The van der Waals surface area contributed by atoms with Gasteiger partial charge in [0.15, 0.2) is 0 Å². The summed E-state index contributed by atoms with van der Waals surface area (Å²) < 4.78 is 5.00. The molecule has 1 amide bonds. The van der Waals surface area contributed by atoms with Gasteiger partial charge in [-0.2, -0.15) is 0 Å². The minimum Gasteiger partial charge on any atom is -0.385 e. The number of hydrogen-bond acceptors (Lipinski definition) is 4. The van der Waals surface area contributed by atoms with Crippen LogP contribution < -0.4 is 10.6 Å². The van der Waals surface area contributed by atoms with Crippen LogP contribution in [-0.4, -0.2) is 62.8 Å². The van der Waals surface area contributed by atoms with Crippen molar-refractivity contribution in [2.75, 3.05) is 39.9 Å². The van der Waals surface area contributed by atoms with Crippen LogP contribution in [0.4, 0.5) is 0 Å². The number of carbonyl (C=O) groups is 1. The van der Waals surface area contributed by atoms with Gasteiger partial charge in [0.05, 0.1) is 6.04 Å². The van der Waals surface area contributed by atoms with Crippen molar-refractivity contribution in [2.45, 2.75) is 58.0 Å². The minimum absolute atomic E-state index is 0.0405. The zero-order valence-electron chi connectivity index (χ0n) is 14.0. The van der Waals surface area contributed by atoms with Gasteiger partial charge in [0.2, 0.25) is 5.91 Å². The maximum absolute atomic E-state index is 12.3. The lowest BCUT2D eigenvalue weighted by Gasteiger charge is -2.39. The Morgan fingerprint density at radius 3 is 2.90 bits per heavy atom. The fourth-order valence-corrected chi connectivity index (χ4v) is 2.92. The summed E-state index contributed by atoms with van der Waals surface area (Å²) in [5.74, 6) is 0.147. The average Bonchev–Trinajstić information content (AvgIpc) is 2.51. The summed E-state index contributed by atoms with van der Waals surface area (Å²) in [6.07, 6.45) is 5.69. The van der Waals surface area contributed by atoms with E-state index in [0.29, 0.717) is 19.2 Å². The Balaban J connectivity index is 2.39. The first kappa shape index (κ1) is 18.4. The Morgan fingerprint density at radius 1 is 1.38 bits per heavy atom. The van der Waals surface area contributed by atoms with Crippen LogP contribution in [0.25, 0.3) is 0 Å². The van der Waals surface area contributed by atoms with Crippen molar-refractivity contribution < 1.29 is 9.53 Å². The molecule has 2 unspecified atom stereocenters. The molecule has 1 saturated heterocycles. The summed E-state index contributed by atoms with van der Waals surface area (Å²) >= 11 is 0. The van der Waals surface area contributed by atoms with Crippen LogP contribution in [0, 0.1) is 0 Å². The number of likely N-dealkylation sites (tertiary alicyclic amines) is 1. The van der Waals surface area contributed by atoms with Gasteiger partial charge in [0.25, 0.3) is 0 Å². The Bertz CT molecular complexity index is 287. The van der Waals surface area contributed by atoms with E-state index in [1.807, 2.05) is 6.92 Å². The summed E-state index contributed by atoms with van der Waals surface area (Å²) in [6, 6.07) is 0.450. The van der Waals surface area contributed by atoms with Gasteiger partial charge in [-0.15, -0.1) is 0 Å². The van der Waals surface area contributed by atoms with E-state index in [2.05, 4.69) is 22.5 Å². The molecule has 1 aliphatic rings. The highest BCUT2D eigenvalue weighted by Gasteiger charge is 2.29. The first-order chi connectivity index (χ1) is 10.2. The molecule has 5 heteroatoms. The topological polar surface area (TPSA) is 53.6 Å². The fourth-order valence-electron chi connectivity index (χ4n) is 2.92. The molecule has 124 valence electrons. The van der Waals surface area contributed by atoms with Crippen LogP contribution >= 0.6 is 0 Å². The molecule has 1 heterocycles. The van der Waals surface area contributed by atoms with Crippen molar-refractivity contribution in [3.63, 3.8) is 0 Å². The second kappa shape index (κ2) is 11.0. The van der Waals surface area contributed by atoms with E-state index in [1.54, 1.807) is 7.11 Å². The molecule has 0 radical (unpaired) electrons. The van der Waals surface area contributed by atoms with Gasteiger partial charge in [-0.05, 0) is 45.7 Å². The van der Waals surface area contributed by atoms with E-state index in [4.69, 9.17) is 4.74 Å². The van der Waals surface area contributed by atoms with E-state index in [1.165, 1.54) is 19.3 Å². The lowest BCUT2D eigenvalue weighted by Crippen LogP contribution is -2.54. The summed E-state index contributed by atoms with van der Waals surface area (Å²) in [7, 11) is 1.69. The molecule has 1 rings (SSSR count). The monoisotopic (exact) mass is 299 g/mol. The first-order valence-electron chi connectivity index (χ1n) is 8.43. The van der Waals surface area contributed by atoms with Crippen molar-refractivity contribution in [1.82, 2.24) is 15.5 Å². The number of hydrogen-bond donors (Lipinski definition) is 2. The Hall–Kier alpha value is -0.650. The fraction of sp³-hybridized carbons (Fsp3) is 0.938. The maximum Gasteiger partial charge on any atom is 0.237 e. The predicted molar refractivity (Wildman–Crippen MR) is 86.5 cm³/mol. The normalized spacial score (nSPS) is 21.2. The third-order valence-corrected chi connectivity index (χ3v) is 4.18. The van der Waals surface area contributed by atoms with Crippen molar-refractivity contribution in [2.24, 2.45) is 0 Å². The molecule has 0 aliphatic carbocycles.